The zero-order chi connectivity index (χ0) is 13.1. The summed E-state index contributed by atoms with van der Waals surface area (Å²) in [6.07, 6.45) is 1.83. The predicted molar refractivity (Wildman–Crippen MR) is 75.5 cm³/mol. The van der Waals surface area contributed by atoms with Gasteiger partial charge in [0, 0.05) is 22.2 Å². The van der Waals surface area contributed by atoms with E-state index >= 15 is 0 Å². The van der Waals surface area contributed by atoms with E-state index in [1.165, 1.54) is 15.8 Å². The van der Waals surface area contributed by atoms with Crippen molar-refractivity contribution in [3.63, 3.8) is 0 Å². The third kappa shape index (κ3) is 2.98. The Hall–Kier alpha value is -1.19. The molecule has 1 aromatic heterocycles. The maximum absolute atomic E-state index is 13.3. The lowest BCUT2D eigenvalue weighted by atomic mass is 9.99. The first kappa shape index (κ1) is 13.2. The highest BCUT2D eigenvalue weighted by atomic mass is 32.1. The zero-order valence-corrected chi connectivity index (χ0v) is 11.6. The molecule has 0 saturated carbocycles. The Morgan fingerprint density at radius 1 is 1.22 bits per heavy atom. The second-order valence-electron chi connectivity index (χ2n) is 4.53. The molecule has 1 atom stereocenters. The summed E-state index contributed by atoms with van der Waals surface area (Å²) in [5.74, 6) is -0.216. The Labute approximate surface area is 111 Å². The highest BCUT2D eigenvalue weighted by Gasteiger charge is 2.12. The van der Waals surface area contributed by atoms with Crippen molar-refractivity contribution >= 4 is 11.3 Å². The first-order valence-corrected chi connectivity index (χ1v) is 7.01. The highest BCUT2D eigenvalue weighted by molar-refractivity contribution is 7.11. The van der Waals surface area contributed by atoms with Gasteiger partial charge in [-0.1, -0.05) is 13.0 Å². The molecule has 1 aromatic carbocycles. The lowest BCUT2D eigenvalue weighted by Crippen LogP contribution is -2.14. The van der Waals surface area contributed by atoms with Crippen LogP contribution in [0.1, 0.15) is 33.8 Å². The van der Waals surface area contributed by atoms with Crippen LogP contribution in [0.3, 0.4) is 0 Å². The Balaban J connectivity index is 2.16. The second-order valence-corrected chi connectivity index (χ2v) is 5.79. The average Bonchev–Trinajstić information content (AvgIpc) is 2.80. The largest absolute Gasteiger partial charge is 0.324 e. The molecular weight excluding hydrogens is 245 g/mol. The SMILES string of the molecule is CCc1ccc(CC(N)c2cc(F)ccc2C)s1. The van der Waals surface area contributed by atoms with E-state index in [2.05, 4.69) is 19.1 Å². The standard InChI is InChI=1S/C15H18FNS/c1-3-12-6-7-13(18-12)9-15(17)14-8-11(16)5-4-10(14)2/h4-8,15H,3,9,17H2,1-2H3. The molecule has 1 nitrogen and oxygen atoms in total. The third-order valence-corrected chi connectivity index (χ3v) is 4.38. The molecule has 0 aliphatic carbocycles. The molecule has 1 heterocycles. The van der Waals surface area contributed by atoms with Gasteiger partial charge in [-0.2, -0.15) is 0 Å². The predicted octanol–water partition coefficient (Wildman–Crippen LogP) is 4.00. The number of nitrogens with two attached hydrogens (primary N) is 1. The van der Waals surface area contributed by atoms with Crippen molar-refractivity contribution in [2.75, 3.05) is 0 Å². The van der Waals surface area contributed by atoms with E-state index in [1.807, 2.05) is 6.92 Å². The summed E-state index contributed by atoms with van der Waals surface area (Å²) in [6, 6.07) is 8.95. The van der Waals surface area contributed by atoms with Crippen LogP contribution < -0.4 is 5.73 Å². The van der Waals surface area contributed by atoms with Crippen LogP contribution >= 0.6 is 11.3 Å². The quantitative estimate of drug-likeness (QED) is 0.886. The topological polar surface area (TPSA) is 26.0 Å². The molecule has 0 aliphatic rings. The summed E-state index contributed by atoms with van der Waals surface area (Å²) >= 11 is 1.79. The van der Waals surface area contributed by atoms with Crippen LogP contribution in [0.4, 0.5) is 4.39 Å². The molecule has 1 unspecified atom stereocenters. The summed E-state index contributed by atoms with van der Waals surface area (Å²) in [5, 5.41) is 0. The Kier molecular flexibility index (Phi) is 4.15. The summed E-state index contributed by atoms with van der Waals surface area (Å²) in [7, 11) is 0. The highest BCUT2D eigenvalue weighted by Crippen LogP contribution is 2.25. The van der Waals surface area contributed by atoms with Crippen molar-refractivity contribution in [2.45, 2.75) is 32.7 Å². The van der Waals surface area contributed by atoms with Gasteiger partial charge in [0.15, 0.2) is 0 Å². The number of aryl methyl sites for hydroxylation is 2. The van der Waals surface area contributed by atoms with Gasteiger partial charge in [-0.25, -0.2) is 4.39 Å². The molecule has 2 rings (SSSR count). The Morgan fingerprint density at radius 2 is 1.94 bits per heavy atom. The van der Waals surface area contributed by atoms with E-state index in [0.717, 1.165) is 24.0 Å². The molecule has 0 radical (unpaired) electrons. The van der Waals surface area contributed by atoms with Gasteiger partial charge in [0.05, 0.1) is 0 Å². The van der Waals surface area contributed by atoms with E-state index in [0.29, 0.717) is 0 Å². The van der Waals surface area contributed by atoms with E-state index < -0.39 is 0 Å². The van der Waals surface area contributed by atoms with Crippen molar-refractivity contribution < 1.29 is 4.39 Å². The lowest BCUT2D eigenvalue weighted by Gasteiger charge is -2.14. The summed E-state index contributed by atoms with van der Waals surface area (Å²) < 4.78 is 13.3. The minimum atomic E-state index is -0.216. The van der Waals surface area contributed by atoms with Crippen LogP contribution in [0, 0.1) is 12.7 Å². The number of hydrogen-bond donors (Lipinski definition) is 1. The molecule has 0 amide bonds. The fourth-order valence-electron chi connectivity index (χ4n) is 2.06. The van der Waals surface area contributed by atoms with Crippen molar-refractivity contribution in [1.82, 2.24) is 0 Å². The molecule has 18 heavy (non-hydrogen) atoms. The van der Waals surface area contributed by atoms with Gasteiger partial charge in [0.25, 0.3) is 0 Å². The smallest absolute Gasteiger partial charge is 0.123 e. The number of thiophene rings is 1. The van der Waals surface area contributed by atoms with Gasteiger partial charge in [0.1, 0.15) is 5.82 Å². The minimum Gasteiger partial charge on any atom is -0.324 e. The van der Waals surface area contributed by atoms with Crippen molar-refractivity contribution in [1.29, 1.82) is 0 Å². The molecule has 2 N–H and O–H groups in total. The molecular formula is C15H18FNS. The molecule has 0 fully saturated rings. The van der Waals surface area contributed by atoms with Gasteiger partial charge in [-0.05, 0) is 48.7 Å². The molecule has 0 bridgehead atoms. The molecule has 96 valence electrons. The Bertz CT molecular complexity index is 533. The van der Waals surface area contributed by atoms with Crippen molar-refractivity contribution in [2.24, 2.45) is 5.73 Å². The van der Waals surface area contributed by atoms with Crippen molar-refractivity contribution in [3.8, 4) is 0 Å². The monoisotopic (exact) mass is 263 g/mol. The zero-order valence-electron chi connectivity index (χ0n) is 10.7. The maximum Gasteiger partial charge on any atom is 0.123 e. The van der Waals surface area contributed by atoms with Crippen LogP contribution in [0.2, 0.25) is 0 Å². The van der Waals surface area contributed by atoms with Crippen molar-refractivity contribution in [3.05, 3.63) is 57.0 Å². The first-order valence-electron chi connectivity index (χ1n) is 6.19. The van der Waals surface area contributed by atoms with Gasteiger partial charge >= 0.3 is 0 Å². The van der Waals surface area contributed by atoms with Crippen LogP contribution in [0.5, 0.6) is 0 Å². The van der Waals surface area contributed by atoms with Crippen LogP contribution in [0.15, 0.2) is 30.3 Å². The van der Waals surface area contributed by atoms with Crippen LogP contribution in [-0.4, -0.2) is 0 Å². The fraction of sp³-hybridized carbons (Fsp3) is 0.333. The molecule has 0 aliphatic heterocycles. The summed E-state index contributed by atoms with van der Waals surface area (Å²) in [4.78, 5) is 2.64. The number of halogens is 1. The number of benzene rings is 1. The fourth-order valence-corrected chi connectivity index (χ4v) is 3.08. The molecule has 2 aromatic rings. The second kappa shape index (κ2) is 5.63. The summed E-state index contributed by atoms with van der Waals surface area (Å²) in [5.41, 5.74) is 8.14. The van der Waals surface area contributed by atoms with Gasteiger partial charge in [-0.15, -0.1) is 11.3 Å². The third-order valence-electron chi connectivity index (χ3n) is 3.13. The normalized spacial score (nSPS) is 12.7. The van der Waals surface area contributed by atoms with Gasteiger partial charge < -0.3 is 5.73 Å². The lowest BCUT2D eigenvalue weighted by molar-refractivity contribution is 0.617. The summed E-state index contributed by atoms with van der Waals surface area (Å²) in [6.45, 7) is 4.12. The Morgan fingerprint density at radius 3 is 2.61 bits per heavy atom. The van der Waals surface area contributed by atoms with Gasteiger partial charge in [0.2, 0.25) is 0 Å². The van der Waals surface area contributed by atoms with E-state index in [1.54, 1.807) is 23.5 Å². The molecule has 0 saturated heterocycles. The minimum absolute atomic E-state index is 0.135. The van der Waals surface area contributed by atoms with Gasteiger partial charge in [-0.3, -0.25) is 0 Å². The first-order chi connectivity index (χ1) is 8.60. The maximum atomic E-state index is 13.3. The molecule has 3 heteroatoms. The number of rotatable bonds is 4. The van der Waals surface area contributed by atoms with Crippen LogP contribution in [-0.2, 0) is 12.8 Å². The van der Waals surface area contributed by atoms with E-state index in [9.17, 15) is 4.39 Å². The van der Waals surface area contributed by atoms with E-state index in [4.69, 9.17) is 5.73 Å². The number of hydrogen-bond acceptors (Lipinski definition) is 2. The van der Waals surface area contributed by atoms with Crippen LogP contribution in [0.25, 0.3) is 0 Å². The average molecular weight is 263 g/mol. The van der Waals surface area contributed by atoms with E-state index in [-0.39, 0.29) is 11.9 Å². The molecule has 0 spiro atoms.